The zero-order valence-electron chi connectivity index (χ0n) is 18.8. The lowest BCUT2D eigenvalue weighted by atomic mass is 10.1. The smallest absolute Gasteiger partial charge is 0.267 e. The summed E-state index contributed by atoms with van der Waals surface area (Å²) in [7, 11) is 1.55. The Hall–Kier alpha value is -4.00. The number of fused-ring (bicyclic) bond motifs is 1. The zero-order valence-corrected chi connectivity index (χ0v) is 18.8. The van der Waals surface area contributed by atoms with Gasteiger partial charge in [0.2, 0.25) is 0 Å². The Kier molecular flexibility index (Phi) is 6.49. The number of amides is 2. The van der Waals surface area contributed by atoms with Gasteiger partial charge in [0.1, 0.15) is 23.9 Å². The number of nitrogens with one attached hydrogen (secondary N) is 1. The molecule has 0 aliphatic carbocycles. The average molecular weight is 447 g/mol. The largest absolute Gasteiger partial charge is 0.497 e. The molecule has 1 unspecified atom stereocenters. The SMILES string of the molecule is COc1cccc(C(=O)Nc2ccc3c(c2)N(CCOc2ccc(C)cc2)C(=O)C(C)O3)c1. The Bertz CT molecular complexity index is 1160. The zero-order chi connectivity index (χ0) is 23.4. The van der Waals surface area contributed by atoms with E-state index in [1.807, 2.05) is 31.2 Å². The number of carbonyl (C=O) groups is 2. The Balaban J connectivity index is 1.50. The minimum atomic E-state index is -0.603. The number of anilines is 2. The van der Waals surface area contributed by atoms with Gasteiger partial charge >= 0.3 is 0 Å². The first-order chi connectivity index (χ1) is 15.9. The van der Waals surface area contributed by atoms with Crippen LogP contribution in [0.1, 0.15) is 22.8 Å². The van der Waals surface area contributed by atoms with Gasteiger partial charge in [-0.05, 0) is 62.4 Å². The molecule has 170 valence electrons. The lowest BCUT2D eigenvalue weighted by Crippen LogP contribution is -2.46. The van der Waals surface area contributed by atoms with Crippen LogP contribution in [0.15, 0.2) is 66.7 Å². The van der Waals surface area contributed by atoms with Gasteiger partial charge in [0, 0.05) is 11.3 Å². The number of aryl methyl sites for hydroxylation is 1. The quantitative estimate of drug-likeness (QED) is 0.580. The van der Waals surface area contributed by atoms with Crippen molar-refractivity contribution in [2.24, 2.45) is 0 Å². The maximum atomic E-state index is 12.8. The lowest BCUT2D eigenvalue weighted by molar-refractivity contribution is -0.125. The van der Waals surface area contributed by atoms with Gasteiger partial charge in [-0.3, -0.25) is 9.59 Å². The molecule has 0 bridgehead atoms. The van der Waals surface area contributed by atoms with Crippen molar-refractivity contribution < 1.29 is 23.8 Å². The number of hydrogen-bond acceptors (Lipinski definition) is 5. The highest BCUT2D eigenvalue weighted by atomic mass is 16.5. The number of carbonyl (C=O) groups excluding carboxylic acids is 2. The fourth-order valence-electron chi connectivity index (χ4n) is 3.57. The van der Waals surface area contributed by atoms with Crippen LogP contribution in [-0.2, 0) is 4.79 Å². The van der Waals surface area contributed by atoms with Crippen molar-refractivity contribution in [3.05, 3.63) is 77.9 Å². The molecule has 0 radical (unpaired) electrons. The van der Waals surface area contributed by atoms with Crippen LogP contribution in [-0.4, -0.2) is 38.2 Å². The second-order valence-electron chi connectivity index (χ2n) is 7.78. The number of rotatable bonds is 7. The van der Waals surface area contributed by atoms with Crippen LogP contribution in [0.25, 0.3) is 0 Å². The number of methoxy groups -OCH3 is 1. The molecule has 1 atom stereocenters. The molecule has 2 amide bonds. The molecule has 3 aromatic carbocycles. The Labute approximate surface area is 192 Å². The first-order valence-corrected chi connectivity index (χ1v) is 10.7. The van der Waals surface area contributed by atoms with Crippen molar-refractivity contribution in [3.8, 4) is 17.2 Å². The maximum Gasteiger partial charge on any atom is 0.267 e. The topological polar surface area (TPSA) is 77.1 Å². The summed E-state index contributed by atoms with van der Waals surface area (Å²) in [5, 5.41) is 2.87. The first kappa shape index (κ1) is 22.2. The van der Waals surface area contributed by atoms with Gasteiger partial charge in [0.15, 0.2) is 6.10 Å². The maximum absolute atomic E-state index is 12.8. The molecule has 33 heavy (non-hydrogen) atoms. The fourth-order valence-corrected chi connectivity index (χ4v) is 3.57. The van der Waals surface area contributed by atoms with E-state index < -0.39 is 6.10 Å². The lowest BCUT2D eigenvalue weighted by Gasteiger charge is -2.33. The van der Waals surface area contributed by atoms with E-state index in [0.29, 0.717) is 41.6 Å². The minimum Gasteiger partial charge on any atom is -0.497 e. The molecular formula is C26H26N2O5. The summed E-state index contributed by atoms with van der Waals surface area (Å²) in [4.78, 5) is 27.2. The summed E-state index contributed by atoms with van der Waals surface area (Å²) in [5.74, 6) is 1.48. The van der Waals surface area contributed by atoms with Crippen molar-refractivity contribution in [2.75, 3.05) is 30.5 Å². The third-order valence-corrected chi connectivity index (χ3v) is 5.36. The van der Waals surface area contributed by atoms with Gasteiger partial charge in [-0.1, -0.05) is 23.8 Å². The second kappa shape index (κ2) is 9.65. The summed E-state index contributed by atoms with van der Waals surface area (Å²) in [6, 6.07) is 19.9. The van der Waals surface area contributed by atoms with Crippen molar-refractivity contribution in [1.29, 1.82) is 0 Å². The summed E-state index contributed by atoms with van der Waals surface area (Å²) in [5.41, 5.74) is 2.76. The number of hydrogen-bond donors (Lipinski definition) is 1. The van der Waals surface area contributed by atoms with Gasteiger partial charge in [0.05, 0.1) is 19.3 Å². The molecule has 0 fully saturated rings. The summed E-state index contributed by atoms with van der Waals surface area (Å²) in [6.45, 7) is 4.40. The molecular weight excluding hydrogens is 420 g/mol. The standard InChI is InChI=1S/C26H26N2O5/c1-17-7-10-21(11-8-17)32-14-13-28-23-16-20(9-12-24(23)33-18(2)26(28)30)27-25(29)19-5-4-6-22(15-19)31-3/h4-12,15-16,18H,13-14H2,1-3H3,(H,27,29). The Morgan fingerprint density at radius 3 is 2.61 bits per heavy atom. The van der Waals surface area contributed by atoms with E-state index in [9.17, 15) is 9.59 Å². The van der Waals surface area contributed by atoms with Crippen LogP contribution in [0.3, 0.4) is 0 Å². The Morgan fingerprint density at radius 2 is 1.85 bits per heavy atom. The molecule has 0 aromatic heterocycles. The summed E-state index contributed by atoms with van der Waals surface area (Å²) < 4.78 is 16.8. The molecule has 4 rings (SSSR count). The van der Waals surface area contributed by atoms with Gasteiger partial charge in [-0.15, -0.1) is 0 Å². The van der Waals surface area contributed by atoms with Crippen molar-refractivity contribution in [3.63, 3.8) is 0 Å². The summed E-state index contributed by atoms with van der Waals surface area (Å²) in [6.07, 6.45) is -0.603. The third-order valence-electron chi connectivity index (χ3n) is 5.36. The van der Waals surface area contributed by atoms with E-state index in [1.54, 1.807) is 61.4 Å². The summed E-state index contributed by atoms with van der Waals surface area (Å²) >= 11 is 0. The van der Waals surface area contributed by atoms with E-state index in [0.717, 1.165) is 11.3 Å². The predicted molar refractivity (Wildman–Crippen MR) is 127 cm³/mol. The third kappa shape index (κ3) is 5.09. The number of benzene rings is 3. The van der Waals surface area contributed by atoms with E-state index in [4.69, 9.17) is 14.2 Å². The predicted octanol–water partition coefficient (Wildman–Crippen LogP) is 4.45. The molecule has 0 spiro atoms. The van der Waals surface area contributed by atoms with Crippen LogP contribution < -0.4 is 24.4 Å². The van der Waals surface area contributed by atoms with Crippen LogP contribution in [0.4, 0.5) is 11.4 Å². The van der Waals surface area contributed by atoms with Crippen LogP contribution in [0.2, 0.25) is 0 Å². The molecule has 1 aliphatic heterocycles. The average Bonchev–Trinajstić information content (AvgIpc) is 2.83. The monoisotopic (exact) mass is 446 g/mol. The van der Waals surface area contributed by atoms with Crippen LogP contribution in [0, 0.1) is 6.92 Å². The molecule has 0 saturated carbocycles. The van der Waals surface area contributed by atoms with E-state index in [2.05, 4.69) is 5.32 Å². The van der Waals surface area contributed by atoms with Gasteiger partial charge in [0.25, 0.3) is 11.8 Å². The van der Waals surface area contributed by atoms with Crippen LogP contribution >= 0.6 is 0 Å². The molecule has 1 heterocycles. The highest BCUT2D eigenvalue weighted by molar-refractivity contribution is 6.06. The van der Waals surface area contributed by atoms with Crippen LogP contribution in [0.5, 0.6) is 17.2 Å². The van der Waals surface area contributed by atoms with Gasteiger partial charge in [-0.25, -0.2) is 0 Å². The number of nitrogens with zero attached hydrogens (tertiary/aromatic N) is 1. The van der Waals surface area contributed by atoms with E-state index in [-0.39, 0.29) is 11.8 Å². The molecule has 1 aliphatic rings. The van der Waals surface area contributed by atoms with E-state index >= 15 is 0 Å². The normalized spacial score (nSPS) is 14.8. The minimum absolute atomic E-state index is 0.161. The molecule has 3 aromatic rings. The molecule has 0 saturated heterocycles. The number of ether oxygens (including phenoxy) is 3. The fraction of sp³-hybridized carbons (Fsp3) is 0.231. The van der Waals surface area contributed by atoms with Crippen molar-refractivity contribution >= 4 is 23.2 Å². The van der Waals surface area contributed by atoms with Crippen molar-refractivity contribution in [1.82, 2.24) is 0 Å². The molecule has 7 nitrogen and oxygen atoms in total. The Morgan fingerprint density at radius 1 is 1.06 bits per heavy atom. The van der Waals surface area contributed by atoms with E-state index in [1.165, 1.54) is 0 Å². The second-order valence-corrected chi connectivity index (χ2v) is 7.78. The first-order valence-electron chi connectivity index (χ1n) is 10.7. The van der Waals surface area contributed by atoms with Crippen molar-refractivity contribution in [2.45, 2.75) is 20.0 Å². The molecule has 7 heteroatoms. The van der Waals surface area contributed by atoms with Gasteiger partial charge < -0.3 is 24.4 Å². The molecule has 1 N–H and O–H groups in total. The highest BCUT2D eigenvalue weighted by Crippen LogP contribution is 2.36. The van der Waals surface area contributed by atoms with Gasteiger partial charge in [-0.2, -0.15) is 0 Å². The highest BCUT2D eigenvalue weighted by Gasteiger charge is 2.31.